The molecule has 0 amide bonds. The van der Waals surface area contributed by atoms with Gasteiger partial charge in [-0.1, -0.05) is 28.1 Å². The number of carbonyl (C=O) groups is 3. The molecular formula is C13H13BrO4. The van der Waals surface area contributed by atoms with E-state index in [1.165, 1.54) is 0 Å². The van der Waals surface area contributed by atoms with Crippen LogP contribution in [0.25, 0.3) is 0 Å². The lowest BCUT2D eigenvalue weighted by Crippen LogP contribution is -2.28. The van der Waals surface area contributed by atoms with E-state index >= 15 is 0 Å². The van der Waals surface area contributed by atoms with E-state index in [1.807, 2.05) is 0 Å². The van der Waals surface area contributed by atoms with Crippen molar-refractivity contribution in [1.29, 1.82) is 0 Å². The normalized spacial score (nSPS) is 11.7. The summed E-state index contributed by atoms with van der Waals surface area (Å²) in [6.45, 7) is 1.77. The Balaban J connectivity index is 2.70. The van der Waals surface area contributed by atoms with Crippen LogP contribution in [0.3, 0.4) is 0 Å². The predicted molar refractivity (Wildman–Crippen MR) is 69.0 cm³/mol. The Morgan fingerprint density at radius 1 is 1.33 bits per heavy atom. The zero-order valence-corrected chi connectivity index (χ0v) is 11.5. The van der Waals surface area contributed by atoms with Crippen molar-refractivity contribution in [1.82, 2.24) is 0 Å². The second kappa shape index (κ2) is 7.06. The lowest BCUT2D eigenvalue weighted by atomic mass is 9.99. The minimum absolute atomic E-state index is 0.0372. The molecule has 1 rings (SSSR count). The molecule has 1 unspecified atom stereocenters. The van der Waals surface area contributed by atoms with Gasteiger partial charge in [-0.15, -0.1) is 0 Å². The molecule has 96 valence electrons. The quantitative estimate of drug-likeness (QED) is 0.457. The number of rotatable bonds is 6. The number of ketones is 1. The van der Waals surface area contributed by atoms with Gasteiger partial charge in [0, 0.05) is 10.9 Å². The fraction of sp³-hybridized carbons (Fsp3) is 0.308. The molecule has 0 aliphatic rings. The summed E-state index contributed by atoms with van der Waals surface area (Å²) in [6.07, 6.45) is 0.370. The molecule has 1 aromatic rings. The van der Waals surface area contributed by atoms with Crippen LogP contribution in [0.2, 0.25) is 0 Å². The second-order valence-electron chi connectivity index (χ2n) is 3.64. The number of halogens is 1. The molecule has 4 nitrogen and oxygen atoms in total. The molecule has 0 saturated carbocycles. The number of esters is 1. The van der Waals surface area contributed by atoms with Gasteiger partial charge in [0.25, 0.3) is 0 Å². The van der Waals surface area contributed by atoms with Crippen molar-refractivity contribution in [3.05, 3.63) is 34.3 Å². The third-order valence-corrected chi connectivity index (χ3v) is 2.84. The van der Waals surface area contributed by atoms with Crippen LogP contribution in [0, 0.1) is 5.92 Å². The van der Waals surface area contributed by atoms with Crippen LogP contribution >= 0.6 is 15.9 Å². The van der Waals surface area contributed by atoms with Gasteiger partial charge in [0.2, 0.25) is 0 Å². The minimum atomic E-state index is -1.33. The predicted octanol–water partition coefficient (Wildman–Crippen LogP) is 1.94. The average Bonchev–Trinajstić information content (AvgIpc) is 2.33. The first kappa shape index (κ1) is 14.6. The van der Waals surface area contributed by atoms with Crippen molar-refractivity contribution >= 4 is 34.0 Å². The van der Waals surface area contributed by atoms with Gasteiger partial charge < -0.3 is 9.53 Å². The molecule has 0 aliphatic heterocycles. The number of carbonyl (C=O) groups excluding carboxylic acids is 3. The molecule has 0 fully saturated rings. The van der Waals surface area contributed by atoms with Crippen LogP contribution in [0.5, 0.6) is 0 Å². The first-order valence-electron chi connectivity index (χ1n) is 5.47. The molecule has 0 saturated heterocycles. The maximum absolute atomic E-state index is 11.8. The third kappa shape index (κ3) is 4.07. The molecule has 1 atom stereocenters. The molecular weight excluding hydrogens is 300 g/mol. The molecule has 0 spiro atoms. The molecule has 18 heavy (non-hydrogen) atoms. The monoisotopic (exact) mass is 312 g/mol. The van der Waals surface area contributed by atoms with Crippen LogP contribution in [-0.2, 0) is 25.5 Å². The Hall–Kier alpha value is -1.49. The van der Waals surface area contributed by atoms with E-state index in [0.717, 1.165) is 10.0 Å². The van der Waals surface area contributed by atoms with Crippen LogP contribution in [0.1, 0.15) is 12.5 Å². The van der Waals surface area contributed by atoms with Crippen LogP contribution in [-0.4, -0.2) is 24.6 Å². The highest BCUT2D eigenvalue weighted by atomic mass is 79.9. The zero-order valence-electron chi connectivity index (χ0n) is 9.89. The summed E-state index contributed by atoms with van der Waals surface area (Å²) in [7, 11) is 0. The van der Waals surface area contributed by atoms with Gasteiger partial charge in [-0.05, 0) is 24.6 Å². The van der Waals surface area contributed by atoms with E-state index in [9.17, 15) is 14.4 Å². The van der Waals surface area contributed by atoms with Crippen molar-refractivity contribution in [2.24, 2.45) is 5.92 Å². The highest BCUT2D eigenvalue weighted by Gasteiger charge is 2.27. The summed E-state index contributed by atoms with van der Waals surface area (Å²) in [5.41, 5.74) is 0.749. The van der Waals surface area contributed by atoms with E-state index in [4.69, 9.17) is 0 Å². The van der Waals surface area contributed by atoms with Crippen molar-refractivity contribution < 1.29 is 19.1 Å². The summed E-state index contributed by atoms with van der Waals surface area (Å²) in [4.78, 5) is 34.0. The fourth-order valence-corrected chi connectivity index (χ4v) is 1.67. The molecule has 0 heterocycles. The van der Waals surface area contributed by atoms with Gasteiger partial charge in [-0.25, -0.2) is 0 Å². The molecule has 0 radical (unpaired) electrons. The first-order chi connectivity index (χ1) is 8.58. The standard InChI is InChI=1S/C13H13BrO4/c1-2-18-13(17)11(8-15)12(16)7-9-3-5-10(14)6-4-9/h3-6,8,11H,2,7H2,1H3. The number of benzene rings is 1. The molecule has 0 bridgehead atoms. The van der Waals surface area contributed by atoms with E-state index < -0.39 is 17.7 Å². The average molecular weight is 313 g/mol. The molecule has 1 aromatic carbocycles. The van der Waals surface area contributed by atoms with Crippen molar-refractivity contribution in [2.75, 3.05) is 6.61 Å². The maximum Gasteiger partial charge on any atom is 0.323 e. The van der Waals surface area contributed by atoms with Crippen LogP contribution < -0.4 is 0 Å². The lowest BCUT2D eigenvalue weighted by molar-refractivity contribution is -0.152. The van der Waals surface area contributed by atoms with Gasteiger partial charge in [-0.2, -0.15) is 0 Å². The topological polar surface area (TPSA) is 60.4 Å². The molecule has 0 aliphatic carbocycles. The Kier molecular flexibility index (Phi) is 5.71. The van der Waals surface area contributed by atoms with Gasteiger partial charge in [0.15, 0.2) is 11.7 Å². The van der Waals surface area contributed by atoms with E-state index in [1.54, 1.807) is 31.2 Å². The van der Waals surface area contributed by atoms with E-state index in [0.29, 0.717) is 6.29 Å². The Bertz CT molecular complexity index is 439. The Morgan fingerprint density at radius 2 is 1.94 bits per heavy atom. The summed E-state index contributed by atoms with van der Waals surface area (Å²) in [5.74, 6) is -2.56. The number of aldehydes is 1. The van der Waals surface area contributed by atoms with Gasteiger partial charge in [0.1, 0.15) is 6.29 Å². The summed E-state index contributed by atoms with van der Waals surface area (Å²) >= 11 is 3.28. The lowest BCUT2D eigenvalue weighted by Gasteiger charge is -2.08. The summed E-state index contributed by atoms with van der Waals surface area (Å²) in [5, 5.41) is 0. The number of hydrogen-bond acceptors (Lipinski definition) is 4. The summed E-state index contributed by atoms with van der Waals surface area (Å²) < 4.78 is 5.57. The molecule has 5 heteroatoms. The van der Waals surface area contributed by atoms with Gasteiger partial charge in [-0.3, -0.25) is 9.59 Å². The summed E-state index contributed by atoms with van der Waals surface area (Å²) in [6, 6.07) is 7.11. The number of Topliss-reactive ketones (excluding diaryl/α,β-unsaturated/α-hetero) is 1. The van der Waals surface area contributed by atoms with Crippen LogP contribution in [0.4, 0.5) is 0 Å². The maximum atomic E-state index is 11.8. The van der Waals surface area contributed by atoms with Crippen molar-refractivity contribution in [3.63, 3.8) is 0 Å². The van der Waals surface area contributed by atoms with Crippen LogP contribution in [0.15, 0.2) is 28.7 Å². The zero-order chi connectivity index (χ0) is 13.5. The Labute approximate surface area is 113 Å². The molecule has 0 aromatic heterocycles. The van der Waals surface area contributed by atoms with Gasteiger partial charge >= 0.3 is 5.97 Å². The highest BCUT2D eigenvalue weighted by molar-refractivity contribution is 9.10. The molecule has 0 N–H and O–H groups in total. The third-order valence-electron chi connectivity index (χ3n) is 2.32. The van der Waals surface area contributed by atoms with E-state index in [2.05, 4.69) is 20.7 Å². The van der Waals surface area contributed by atoms with Crippen molar-refractivity contribution in [2.45, 2.75) is 13.3 Å². The SMILES string of the molecule is CCOC(=O)C(C=O)C(=O)Cc1ccc(Br)cc1. The van der Waals surface area contributed by atoms with E-state index in [-0.39, 0.29) is 13.0 Å². The first-order valence-corrected chi connectivity index (χ1v) is 6.26. The number of ether oxygens (including phenoxy) is 1. The van der Waals surface area contributed by atoms with Gasteiger partial charge in [0.05, 0.1) is 6.61 Å². The fourth-order valence-electron chi connectivity index (χ4n) is 1.41. The second-order valence-corrected chi connectivity index (χ2v) is 4.55. The van der Waals surface area contributed by atoms with Crippen molar-refractivity contribution in [3.8, 4) is 0 Å². The Morgan fingerprint density at radius 3 is 2.44 bits per heavy atom. The largest absolute Gasteiger partial charge is 0.465 e. The smallest absolute Gasteiger partial charge is 0.323 e. The highest BCUT2D eigenvalue weighted by Crippen LogP contribution is 2.12. The minimum Gasteiger partial charge on any atom is -0.465 e. The number of hydrogen-bond donors (Lipinski definition) is 0.